The van der Waals surface area contributed by atoms with Crippen molar-refractivity contribution in [1.29, 1.82) is 5.26 Å². The second-order valence-electron chi connectivity index (χ2n) is 16.1. The van der Waals surface area contributed by atoms with Crippen LogP contribution in [0.2, 0.25) is 0 Å². The number of ether oxygens (including phenoxy) is 2. The molecule has 7 N–H and O–H groups in total. The Balaban J connectivity index is 1.51. The highest BCUT2D eigenvalue weighted by atomic mass is 16.5. The molecule has 332 valence electrons. The molecule has 0 spiro atoms. The van der Waals surface area contributed by atoms with E-state index in [0.717, 1.165) is 30.4 Å². The van der Waals surface area contributed by atoms with Crippen molar-refractivity contribution in [1.82, 2.24) is 10.2 Å². The molecular formula is C50H60N6O7. The number of nitriles is 1. The lowest BCUT2D eigenvalue weighted by molar-refractivity contribution is -0.142. The third-order valence-electron chi connectivity index (χ3n) is 11.4. The number of benzene rings is 4. The van der Waals surface area contributed by atoms with E-state index in [0.29, 0.717) is 39.3 Å². The minimum absolute atomic E-state index is 0.0249. The van der Waals surface area contributed by atoms with Crippen LogP contribution >= 0.6 is 0 Å². The van der Waals surface area contributed by atoms with Gasteiger partial charge >= 0.3 is 0 Å². The Bertz CT molecular complexity index is 2270. The van der Waals surface area contributed by atoms with Gasteiger partial charge in [0, 0.05) is 75.0 Å². The molecule has 1 aliphatic heterocycles. The molecule has 4 aromatic carbocycles. The molecule has 1 aliphatic rings. The molecule has 4 atom stereocenters. The molecule has 1 heterocycles. The molecule has 0 fully saturated rings. The summed E-state index contributed by atoms with van der Waals surface area (Å²) in [6.45, 7) is 4.39. The number of likely N-dealkylation sites (N-methyl/N-ethyl adjacent to an activating group) is 1. The van der Waals surface area contributed by atoms with Crippen molar-refractivity contribution >= 4 is 29.2 Å². The Kier molecular flexibility index (Phi) is 17.7. The number of carbonyl (C=O) groups is 5. The van der Waals surface area contributed by atoms with Gasteiger partial charge in [-0.25, -0.2) is 0 Å². The highest BCUT2D eigenvalue weighted by Crippen LogP contribution is 2.41. The number of Topliss-reactive ketones (excluding diaryl/α,β-unsaturated/α-hetero) is 3. The molecule has 0 radical (unpaired) electrons. The predicted octanol–water partition coefficient (Wildman–Crippen LogP) is 5.89. The lowest BCUT2D eigenvalue weighted by Crippen LogP contribution is -2.46. The number of hydrogen-bond donors (Lipinski definition) is 4. The summed E-state index contributed by atoms with van der Waals surface area (Å²) in [5, 5.41) is 12.1. The van der Waals surface area contributed by atoms with Crippen molar-refractivity contribution < 1.29 is 33.4 Å². The molecule has 5 rings (SSSR count). The summed E-state index contributed by atoms with van der Waals surface area (Å²) in [4.78, 5) is 71.3. The molecule has 0 saturated heterocycles. The van der Waals surface area contributed by atoms with Gasteiger partial charge < -0.3 is 36.9 Å². The number of carbonyl (C=O) groups excluding carboxylic acids is 5. The quantitative estimate of drug-likeness (QED) is 0.0814. The Hall–Kier alpha value is -6.20. The van der Waals surface area contributed by atoms with Gasteiger partial charge in [-0.05, 0) is 71.3 Å². The van der Waals surface area contributed by atoms with Gasteiger partial charge in [0.15, 0.2) is 17.3 Å². The molecule has 0 saturated carbocycles. The SMILES string of the molecule is CCCCc1ccc(-c2ccc(C(=O)C[C@@H](CN)C(=O)N(C)[C@@H]3C(=O)C[C@@H](C)C(=O)N[C@H](C(=O)CCC#N)Cc4ccc(OCCN)c(c4)-c4cc3ccc4OCCN)cc2)cc1. The summed E-state index contributed by atoms with van der Waals surface area (Å²) in [5.41, 5.74) is 23.8. The van der Waals surface area contributed by atoms with E-state index in [1.807, 2.05) is 24.3 Å². The molecular weight excluding hydrogens is 797 g/mol. The summed E-state index contributed by atoms with van der Waals surface area (Å²) in [6.07, 6.45) is 2.81. The summed E-state index contributed by atoms with van der Waals surface area (Å²) < 4.78 is 12.2. The fraction of sp³-hybridized carbons (Fsp3) is 0.400. The standard InChI is InChI=1S/C50H60N6O7/c1-4-5-7-33-9-12-35(13-10-33)36-14-16-37(17-15-36)44(58)30-39(31-54)50(61)56(3)48-38-18-20-47(63-25-23-53)41(29-38)40-27-34(11-19-46(40)62-24-22-52)28-42(43(57)8-6-21-51)55-49(60)32(2)26-45(48)59/h9-20,27,29,32,39,42,48H,4-8,22-26,28,30-31,52-54H2,1-3H3,(H,55,60)/t32-,39+,42+,48+/m1/s1. The van der Waals surface area contributed by atoms with Crippen LogP contribution in [0, 0.1) is 23.2 Å². The zero-order valence-electron chi connectivity index (χ0n) is 36.6. The van der Waals surface area contributed by atoms with Crippen molar-refractivity contribution in [3.8, 4) is 39.8 Å². The molecule has 4 aromatic rings. The van der Waals surface area contributed by atoms with E-state index in [1.165, 1.54) is 17.5 Å². The number of rotatable bonds is 19. The molecule has 13 nitrogen and oxygen atoms in total. The summed E-state index contributed by atoms with van der Waals surface area (Å²) >= 11 is 0. The van der Waals surface area contributed by atoms with Gasteiger partial charge in [0.1, 0.15) is 30.8 Å². The van der Waals surface area contributed by atoms with Crippen molar-refractivity contribution in [3.63, 3.8) is 0 Å². The summed E-state index contributed by atoms with van der Waals surface area (Å²) in [7, 11) is 1.49. The molecule has 63 heavy (non-hydrogen) atoms. The number of nitrogens with two attached hydrogens (primary N) is 3. The number of nitrogens with zero attached hydrogens (tertiary/aromatic N) is 2. The fourth-order valence-corrected chi connectivity index (χ4v) is 7.83. The lowest BCUT2D eigenvalue weighted by Gasteiger charge is -2.32. The van der Waals surface area contributed by atoms with Crippen LogP contribution in [0.15, 0.2) is 84.9 Å². The van der Waals surface area contributed by atoms with Gasteiger partial charge in [0.05, 0.1) is 18.0 Å². The predicted molar refractivity (Wildman–Crippen MR) is 243 cm³/mol. The number of hydrogen-bond acceptors (Lipinski definition) is 11. The van der Waals surface area contributed by atoms with Crippen LogP contribution in [0.3, 0.4) is 0 Å². The molecule has 13 heteroatoms. The topological polar surface area (TPSA) is 221 Å². The van der Waals surface area contributed by atoms with E-state index in [2.05, 4.69) is 36.5 Å². The van der Waals surface area contributed by atoms with Gasteiger partial charge in [0.2, 0.25) is 11.8 Å². The van der Waals surface area contributed by atoms with Crippen LogP contribution in [0.5, 0.6) is 11.5 Å². The molecule has 0 aliphatic carbocycles. The number of aryl methyl sites for hydroxylation is 1. The van der Waals surface area contributed by atoms with E-state index in [4.69, 9.17) is 26.7 Å². The molecule has 0 aromatic heterocycles. The van der Waals surface area contributed by atoms with E-state index in [9.17, 15) is 29.2 Å². The average molecular weight is 857 g/mol. The first kappa shape index (κ1) is 47.8. The monoisotopic (exact) mass is 856 g/mol. The van der Waals surface area contributed by atoms with Crippen LogP contribution in [0.1, 0.15) is 85.5 Å². The summed E-state index contributed by atoms with van der Waals surface area (Å²) in [6, 6.07) is 25.9. The number of unbranched alkanes of at least 4 members (excludes halogenated alkanes) is 1. The van der Waals surface area contributed by atoms with Crippen molar-refractivity contribution in [2.45, 2.75) is 77.3 Å². The Morgan fingerprint density at radius 2 is 1.48 bits per heavy atom. The largest absolute Gasteiger partial charge is 0.492 e. The maximum absolute atomic E-state index is 14.6. The fourth-order valence-electron chi connectivity index (χ4n) is 7.83. The first-order valence-corrected chi connectivity index (χ1v) is 21.8. The van der Waals surface area contributed by atoms with Crippen LogP contribution in [-0.4, -0.2) is 80.0 Å². The van der Waals surface area contributed by atoms with Crippen molar-refractivity contribution in [2.75, 3.05) is 39.9 Å². The number of fused-ring (bicyclic) bond motifs is 5. The van der Waals surface area contributed by atoms with Gasteiger partial charge in [-0.1, -0.05) is 80.9 Å². The number of amides is 2. The van der Waals surface area contributed by atoms with Gasteiger partial charge in [0.25, 0.3) is 0 Å². The van der Waals surface area contributed by atoms with E-state index >= 15 is 0 Å². The normalized spacial score (nSPS) is 16.8. The molecule has 0 unspecified atom stereocenters. The number of nitrogens with one attached hydrogen (secondary N) is 1. The van der Waals surface area contributed by atoms with E-state index in [1.54, 1.807) is 49.4 Å². The van der Waals surface area contributed by atoms with Gasteiger partial charge in [-0.2, -0.15) is 5.26 Å². The first-order valence-electron chi connectivity index (χ1n) is 21.8. The van der Waals surface area contributed by atoms with Crippen molar-refractivity contribution in [3.05, 3.63) is 107 Å². The maximum Gasteiger partial charge on any atom is 0.228 e. The van der Waals surface area contributed by atoms with Crippen LogP contribution < -0.4 is 32.0 Å². The van der Waals surface area contributed by atoms with E-state index in [-0.39, 0.29) is 76.5 Å². The first-order chi connectivity index (χ1) is 30.4. The Morgan fingerprint density at radius 1 is 0.857 bits per heavy atom. The summed E-state index contributed by atoms with van der Waals surface area (Å²) in [5.74, 6) is -3.12. The maximum atomic E-state index is 14.6. The van der Waals surface area contributed by atoms with Crippen LogP contribution in [0.25, 0.3) is 22.3 Å². The highest BCUT2D eigenvalue weighted by Gasteiger charge is 2.36. The second-order valence-corrected chi connectivity index (χ2v) is 16.1. The van der Waals surface area contributed by atoms with Crippen LogP contribution in [0.4, 0.5) is 0 Å². The van der Waals surface area contributed by atoms with Crippen molar-refractivity contribution in [2.24, 2.45) is 29.0 Å². The second kappa shape index (κ2) is 23.3. The zero-order valence-corrected chi connectivity index (χ0v) is 36.6. The zero-order chi connectivity index (χ0) is 45.5. The minimum Gasteiger partial charge on any atom is -0.492 e. The smallest absolute Gasteiger partial charge is 0.228 e. The molecule has 2 amide bonds. The third kappa shape index (κ3) is 12.5. The Morgan fingerprint density at radius 3 is 2.08 bits per heavy atom. The average Bonchev–Trinajstić information content (AvgIpc) is 3.30. The number of ketones is 3. The highest BCUT2D eigenvalue weighted by molar-refractivity contribution is 6.00. The molecule has 4 bridgehead atoms. The minimum atomic E-state index is -1.22. The van der Waals surface area contributed by atoms with E-state index < -0.39 is 41.5 Å². The Labute approximate surface area is 370 Å². The van der Waals surface area contributed by atoms with Crippen LogP contribution in [-0.2, 0) is 32.0 Å². The van der Waals surface area contributed by atoms with Gasteiger partial charge in [-0.15, -0.1) is 0 Å². The third-order valence-corrected chi connectivity index (χ3v) is 11.4. The van der Waals surface area contributed by atoms with Gasteiger partial charge in [-0.3, -0.25) is 24.0 Å². The lowest BCUT2D eigenvalue weighted by atomic mass is 9.88.